The van der Waals surface area contributed by atoms with Crippen molar-refractivity contribution >= 4 is 5.91 Å². The van der Waals surface area contributed by atoms with Crippen LogP contribution in [0.2, 0.25) is 0 Å². The Labute approximate surface area is 88.3 Å². The van der Waals surface area contributed by atoms with Gasteiger partial charge in [0.25, 0.3) is 5.91 Å². The summed E-state index contributed by atoms with van der Waals surface area (Å²) in [5, 5.41) is 6.17. The Balaban J connectivity index is 1.94. The predicted molar refractivity (Wildman–Crippen MR) is 54.6 cm³/mol. The van der Waals surface area contributed by atoms with Crippen LogP contribution in [0.5, 0.6) is 0 Å². The van der Waals surface area contributed by atoms with E-state index in [4.69, 9.17) is 4.42 Å². The third-order valence-electron chi connectivity index (χ3n) is 2.58. The summed E-state index contributed by atoms with van der Waals surface area (Å²) >= 11 is 0. The first-order valence-corrected chi connectivity index (χ1v) is 5.19. The summed E-state index contributed by atoms with van der Waals surface area (Å²) in [6, 6.07) is 0.204. The number of aryl methyl sites for hydroxylation is 1. The van der Waals surface area contributed by atoms with Gasteiger partial charge in [0.2, 0.25) is 5.76 Å². The standard InChI is InChI=1S/C10H15N3O2/c1-7-9(15-6-12-7)10(14)13-8-3-2-4-11-5-8/h6,8,11H,2-5H2,1H3,(H,13,14). The van der Waals surface area contributed by atoms with Gasteiger partial charge in [-0.3, -0.25) is 4.79 Å². The molecule has 1 fully saturated rings. The Morgan fingerprint density at radius 3 is 3.20 bits per heavy atom. The molecule has 0 spiro atoms. The minimum Gasteiger partial charge on any atom is -0.438 e. The van der Waals surface area contributed by atoms with Crippen molar-refractivity contribution in [3.8, 4) is 0 Å². The van der Waals surface area contributed by atoms with E-state index in [-0.39, 0.29) is 11.9 Å². The Hall–Kier alpha value is -1.36. The van der Waals surface area contributed by atoms with Gasteiger partial charge in [-0.15, -0.1) is 0 Å². The summed E-state index contributed by atoms with van der Waals surface area (Å²) in [5.41, 5.74) is 0.635. The van der Waals surface area contributed by atoms with Crippen LogP contribution >= 0.6 is 0 Å². The summed E-state index contributed by atoms with van der Waals surface area (Å²) in [7, 11) is 0. The van der Waals surface area contributed by atoms with E-state index in [1.807, 2.05) is 0 Å². The SMILES string of the molecule is Cc1ncoc1C(=O)NC1CCCNC1. The molecule has 1 aromatic rings. The lowest BCUT2D eigenvalue weighted by molar-refractivity contribution is 0.0901. The topological polar surface area (TPSA) is 67.2 Å². The maximum absolute atomic E-state index is 11.7. The normalized spacial score (nSPS) is 21.3. The van der Waals surface area contributed by atoms with Crippen LogP contribution in [0, 0.1) is 6.92 Å². The zero-order chi connectivity index (χ0) is 10.7. The molecule has 0 radical (unpaired) electrons. The first-order valence-electron chi connectivity index (χ1n) is 5.19. The zero-order valence-corrected chi connectivity index (χ0v) is 8.75. The maximum atomic E-state index is 11.7. The molecule has 5 heteroatoms. The van der Waals surface area contributed by atoms with Crippen LogP contribution in [-0.4, -0.2) is 30.0 Å². The van der Waals surface area contributed by atoms with Crippen molar-refractivity contribution in [1.82, 2.24) is 15.6 Å². The molecule has 1 amide bonds. The van der Waals surface area contributed by atoms with Crippen LogP contribution in [0.1, 0.15) is 29.1 Å². The number of rotatable bonds is 2. The highest BCUT2D eigenvalue weighted by atomic mass is 16.3. The summed E-state index contributed by atoms with van der Waals surface area (Å²) in [4.78, 5) is 15.6. The van der Waals surface area contributed by atoms with Crippen molar-refractivity contribution in [2.75, 3.05) is 13.1 Å². The summed E-state index contributed by atoms with van der Waals surface area (Å²) in [6.45, 7) is 3.63. The molecule has 1 aliphatic rings. The molecule has 1 aliphatic heterocycles. The predicted octanol–water partition coefficient (Wildman–Crippen LogP) is 0.465. The highest BCUT2D eigenvalue weighted by Gasteiger charge is 2.19. The fourth-order valence-corrected chi connectivity index (χ4v) is 1.75. The molecular formula is C10H15N3O2. The monoisotopic (exact) mass is 209 g/mol. The Morgan fingerprint density at radius 1 is 1.73 bits per heavy atom. The van der Waals surface area contributed by atoms with Gasteiger partial charge in [-0.25, -0.2) is 4.98 Å². The molecule has 2 heterocycles. The van der Waals surface area contributed by atoms with Gasteiger partial charge in [0, 0.05) is 12.6 Å². The molecule has 0 aromatic carbocycles. The highest BCUT2D eigenvalue weighted by Crippen LogP contribution is 2.07. The van der Waals surface area contributed by atoms with Gasteiger partial charge < -0.3 is 15.1 Å². The number of piperidine rings is 1. The third-order valence-corrected chi connectivity index (χ3v) is 2.58. The van der Waals surface area contributed by atoms with Crippen molar-refractivity contribution in [3.05, 3.63) is 17.8 Å². The largest absolute Gasteiger partial charge is 0.438 e. The average Bonchev–Trinajstić information content (AvgIpc) is 2.66. The number of nitrogens with zero attached hydrogens (tertiary/aromatic N) is 1. The lowest BCUT2D eigenvalue weighted by atomic mass is 10.1. The van der Waals surface area contributed by atoms with Crippen molar-refractivity contribution in [2.24, 2.45) is 0 Å². The van der Waals surface area contributed by atoms with Gasteiger partial charge in [-0.2, -0.15) is 0 Å². The molecule has 82 valence electrons. The Kier molecular flexibility index (Phi) is 3.01. The van der Waals surface area contributed by atoms with Crippen molar-refractivity contribution in [2.45, 2.75) is 25.8 Å². The number of hydrogen-bond donors (Lipinski definition) is 2. The van der Waals surface area contributed by atoms with Gasteiger partial charge in [0.15, 0.2) is 6.39 Å². The Morgan fingerprint density at radius 2 is 2.60 bits per heavy atom. The van der Waals surface area contributed by atoms with E-state index in [0.717, 1.165) is 25.9 Å². The van der Waals surface area contributed by atoms with Crippen LogP contribution in [0.4, 0.5) is 0 Å². The van der Waals surface area contributed by atoms with Crippen LogP contribution in [0.15, 0.2) is 10.8 Å². The number of aromatic nitrogens is 1. The number of oxazole rings is 1. The maximum Gasteiger partial charge on any atom is 0.289 e. The van der Waals surface area contributed by atoms with Gasteiger partial charge in [-0.1, -0.05) is 0 Å². The molecule has 1 atom stereocenters. The van der Waals surface area contributed by atoms with Gasteiger partial charge in [-0.05, 0) is 26.3 Å². The second-order valence-electron chi connectivity index (χ2n) is 3.78. The minimum absolute atomic E-state index is 0.168. The van der Waals surface area contributed by atoms with Crippen molar-refractivity contribution < 1.29 is 9.21 Å². The van der Waals surface area contributed by atoms with Gasteiger partial charge >= 0.3 is 0 Å². The fourth-order valence-electron chi connectivity index (χ4n) is 1.75. The molecule has 2 N–H and O–H groups in total. The van der Waals surface area contributed by atoms with Crippen LogP contribution in [0.25, 0.3) is 0 Å². The van der Waals surface area contributed by atoms with Crippen molar-refractivity contribution in [1.29, 1.82) is 0 Å². The van der Waals surface area contributed by atoms with Crippen LogP contribution in [0.3, 0.4) is 0 Å². The van der Waals surface area contributed by atoms with Crippen LogP contribution in [-0.2, 0) is 0 Å². The lowest BCUT2D eigenvalue weighted by Crippen LogP contribution is -2.45. The molecule has 5 nitrogen and oxygen atoms in total. The van der Waals surface area contributed by atoms with Crippen LogP contribution < -0.4 is 10.6 Å². The summed E-state index contributed by atoms with van der Waals surface area (Å²) < 4.78 is 5.02. The zero-order valence-electron chi connectivity index (χ0n) is 8.75. The molecule has 1 aromatic heterocycles. The summed E-state index contributed by atoms with van der Waals surface area (Å²) in [5.74, 6) is 0.152. The lowest BCUT2D eigenvalue weighted by Gasteiger charge is -2.23. The molecule has 1 saturated heterocycles. The van der Waals surface area contributed by atoms with E-state index >= 15 is 0 Å². The number of amides is 1. The van der Waals surface area contributed by atoms with E-state index in [9.17, 15) is 4.79 Å². The molecular weight excluding hydrogens is 194 g/mol. The highest BCUT2D eigenvalue weighted by molar-refractivity contribution is 5.92. The van der Waals surface area contributed by atoms with E-state index in [2.05, 4.69) is 15.6 Å². The van der Waals surface area contributed by atoms with E-state index < -0.39 is 0 Å². The first-order chi connectivity index (χ1) is 7.27. The number of carbonyl (C=O) groups excluding carboxylic acids is 1. The Bertz CT molecular complexity index is 342. The third kappa shape index (κ3) is 2.36. The van der Waals surface area contributed by atoms with Gasteiger partial charge in [0.05, 0.1) is 5.69 Å². The molecule has 2 rings (SSSR count). The number of nitrogens with one attached hydrogen (secondary N) is 2. The quantitative estimate of drug-likeness (QED) is 0.742. The summed E-state index contributed by atoms with van der Waals surface area (Å²) in [6.07, 6.45) is 3.41. The number of carbonyl (C=O) groups is 1. The molecule has 0 saturated carbocycles. The average molecular weight is 209 g/mol. The number of hydrogen-bond acceptors (Lipinski definition) is 4. The van der Waals surface area contributed by atoms with E-state index in [0.29, 0.717) is 11.5 Å². The fraction of sp³-hybridized carbons (Fsp3) is 0.600. The second kappa shape index (κ2) is 4.44. The van der Waals surface area contributed by atoms with Gasteiger partial charge in [0.1, 0.15) is 0 Å². The second-order valence-corrected chi connectivity index (χ2v) is 3.78. The first kappa shape index (κ1) is 10.2. The van der Waals surface area contributed by atoms with E-state index in [1.54, 1.807) is 6.92 Å². The molecule has 1 unspecified atom stereocenters. The molecule has 15 heavy (non-hydrogen) atoms. The molecule has 0 aliphatic carbocycles. The van der Waals surface area contributed by atoms with Crippen molar-refractivity contribution in [3.63, 3.8) is 0 Å². The molecule has 0 bridgehead atoms. The minimum atomic E-state index is -0.168. The smallest absolute Gasteiger partial charge is 0.289 e. The van der Waals surface area contributed by atoms with E-state index in [1.165, 1.54) is 6.39 Å².